The zero-order valence-corrected chi connectivity index (χ0v) is 25.1. The van der Waals surface area contributed by atoms with E-state index in [4.69, 9.17) is 13.9 Å². The largest absolute Gasteiger partial charge is 0.465 e. The zero-order chi connectivity index (χ0) is 29.0. The van der Waals surface area contributed by atoms with Crippen LogP contribution in [-0.4, -0.2) is 45.2 Å². The number of carbonyl (C=O) groups is 2. The molecule has 0 aromatic heterocycles. The quantitative estimate of drug-likeness (QED) is 0.273. The second-order valence-electron chi connectivity index (χ2n) is 12.9. The fourth-order valence-corrected chi connectivity index (χ4v) is 4.01. The molecule has 1 amide bonds. The maximum absolute atomic E-state index is 13.2. The lowest BCUT2D eigenvalue weighted by atomic mass is 9.91. The van der Waals surface area contributed by atoms with E-state index in [1.807, 2.05) is 0 Å². The van der Waals surface area contributed by atoms with Gasteiger partial charge in [-0.05, 0) is 77.4 Å². The number of alkyl carbamates (subject to hydrolysis) is 1. The van der Waals surface area contributed by atoms with Gasteiger partial charge >= 0.3 is 18.2 Å². The van der Waals surface area contributed by atoms with E-state index in [2.05, 4.69) is 39.2 Å². The van der Waals surface area contributed by atoms with Crippen molar-refractivity contribution in [3.63, 3.8) is 0 Å². The number of carbonyl (C=O) groups excluding carboxylic acids is 2. The second kappa shape index (κ2) is 11.8. The number of hydrogen-bond donors (Lipinski definition) is 1. The van der Waals surface area contributed by atoms with Gasteiger partial charge < -0.3 is 19.2 Å². The molecule has 0 aliphatic carbocycles. The van der Waals surface area contributed by atoms with Gasteiger partial charge in [0.1, 0.15) is 12.2 Å². The lowest BCUT2D eigenvalue weighted by Gasteiger charge is -2.38. The Hall–Kier alpha value is -2.07. The van der Waals surface area contributed by atoms with Crippen molar-refractivity contribution in [2.75, 3.05) is 13.2 Å². The molecule has 6 nitrogen and oxygen atoms in total. The zero-order valence-electron chi connectivity index (χ0n) is 24.1. The Labute approximate surface area is 220 Å². The van der Waals surface area contributed by atoms with Gasteiger partial charge in [-0.25, -0.2) is 4.79 Å². The molecular formula is C27H44F3NO5Si. The van der Waals surface area contributed by atoms with Gasteiger partial charge in [0.05, 0.1) is 23.6 Å². The van der Waals surface area contributed by atoms with Crippen molar-refractivity contribution in [1.29, 1.82) is 0 Å². The van der Waals surface area contributed by atoms with Crippen LogP contribution in [0.15, 0.2) is 24.3 Å². The summed E-state index contributed by atoms with van der Waals surface area (Å²) in [7, 11) is -2.27. The van der Waals surface area contributed by atoms with Gasteiger partial charge in [0.25, 0.3) is 0 Å². The topological polar surface area (TPSA) is 73.9 Å². The first-order chi connectivity index (χ1) is 16.4. The van der Waals surface area contributed by atoms with Crippen molar-refractivity contribution in [3.05, 3.63) is 35.4 Å². The number of rotatable bonds is 8. The summed E-state index contributed by atoms with van der Waals surface area (Å²) in [5.74, 6) is -1.16. The molecule has 0 aliphatic heterocycles. The van der Waals surface area contributed by atoms with Crippen molar-refractivity contribution in [1.82, 2.24) is 5.32 Å². The number of ether oxygens (including phenoxy) is 2. The molecule has 37 heavy (non-hydrogen) atoms. The molecule has 0 radical (unpaired) electrons. The van der Waals surface area contributed by atoms with Crippen LogP contribution < -0.4 is 5.32 Å². The average Bonchev–Trinajstić information content (AvgIpc) is 2.68. The van der Waals surface area contributed by atoms with Crippen molar-refractivity contribution in [2.24, 2.45) is 5.41 Å². The van der Waals surface area contributed by atoms with E-state index >= 15 is 0 Å². The average molecular weight is 548 g/mol. The van der Waals surface area contributed by atoms with Crippen molar-refractivity contribution in [3.8, 4) is 0 Å². The summed E-state index contributed by atoms with van der Waals surface area (Å²) < 4.78 is 57.0. The van der Waals surface area contributed by atoms with Crippen LogP contribution in [0.5, 0.6) is 0 Å². The van der Waals surface area contributed by atoms with Crippen molar-refractivity contribution in [2.45, 2.75) is 104 Å². The van der Waals surface area contributed by atoms with Gasteiger partial charge in [-0.3, -0.25) is 4.79 Å². The fourth-order valence-electron chi connectivity index (χ4n) is 2.98. The number of benzene rings is 1. The molecule has 10 heteroatoms. The van der Waals surface area contributed by atoms with Gasteiger partial charge in [-0.15, -0.1) is 0 Å². The van der Waals surface area contributed by atoms with Crippen molar-refractivity contribution < 1.29 is 36.7 Å². The molecule has 0 aliphatic rings. The molecule has 0 unspecified atom stereocenters. The van der Waals surface area contributed by atoms with Gasteiger partial charge in [-0.2, -0.15) is 13.2 Å². The number of halogens is 3. The standard InChI is InChI=1S/C27H44F3NO5Si/c1-24(2,3)22(32)34-16-20(18-12-14-19(15-13-18)27(28,29)30)21(31-23(33)36-25(4,5)6)17-35-37(10,11)26(7,8)9/h12-15,20-21H,16-17H2,1-11H3,(H,31,33)/t20-,21+/m1/s1. The third-order valence-corrected chi connectivity index (χ3v) is 10.8. The summed E-state index contributed by atoms with van der Waals surface area (Å²) in [5, 5.41) is 2.71. The number of amides is 1. The molecule has 1 rings (SSSR count). The summed E-state index contributed by atoms with van der Waals surface area (Å²) >= 11 is 0. The number of esters is 1. The molecule has 1 N–H and O–H groups in total. The Bertz CT molecular complexity index is 910. The minimum Gasteiger partial charge on any atom is -0.465 e. The highest BCUT2D eigenvalue weighted by molar-refractivity contribution is 6.74. The number of hydrogen-bond acceptors (Lipinski definition) is 5. The maximum Gasteiger partial charge on any atom is 0.416 e. The SMILES string of the molecule is CC(C)(C)OC(=O)N[C@@H](CO[Si](C)(C)C(C)(C)C)[C@H](COC(=O)C(C)(C)C)c1ccc(C(F)(F)F)cc1. The summed E-state index contributed by atoms with van der Waals surface area (Å²) in [4.78, 5) is 25.3. The Morgan fingerprint density at radius 1 is 0.892 bits per heavy atom. The van der Waals surface area contributed by atoms with E-state index in [0.29, 0.717) is 5.56 Å². The molecule has 0 bridgehead atoms. The van der Waals surface area contributed by atoms with E-state index in [1.165, 1.54) is 12.1 Å². The highest BCUT2D eigenvalue weighted by atomic mass is 28.4. The van der Waals surface area contributed by atoms with E-state index < -0.39 is 55.1 Å². The van der Waals surface area contributed by atoms with Crippen LogP contribution in [0.3, 0.4) is 0 Å². The highest BCUT2D eigenvalue weighted by Gasteiger charge is 2.39. The van der Waals surface area contributed by atoms with Crippen LogP contribution in [0.4, 0.5) is 18.0 Å². The Morgan fingerprint density at radius 2 is 1.41 bits per heavy atom. The van der Waals surface area contributed by atoms with Crippen molar-refractivity contribution >= 4 is 20.4 Å². The first-order valence-corrected chi connectivity index (χ1v) is 15.3. The molecule has 212 valence electrons. The lowest BCUT2D eigenvalue weighted by Crippen LogP contribution is -2.50. The van der Waals surface area contributed by atoms with Crippen LogP contribution in [0.2, 0.25) is 18.1 Å². The molecular weight excluding hydrogens is 503 g/mol. The summed E-state index contributed by atoms with van der Waals surface area (Å²) in [6.07, 6.45) is -5.19. The summed E-state index contributed by atoms with van der Waals surface area (Å²) in [6, 6.07) is 3.90. The minimum absolute atomic E-state index is 0.0640. The normalized spacial score (nSPS) is 15.1. The first kappa shape index (κ1) is 33.0. The molecule has 0 spiro atoms. The predicted molar refractivity (Wildman–Crippen MR) is 141 cm³/mol. The monoisotopic (exact) mass is 547 g/mol. The third kappa shape index (κ3) is 10.7. The van der Waals surface area contributed by atoms with E-state index in [9.17, 15) is 22.8 Å². The molecule has 0 saturated carbocycles. The Balaban J connectivity index is 3.45. The van der Waals surface area contributed by atoms with Gasteiger partial charge in [0, 0.05) is 5.92 Å². The molecule has 0 heterocycles. The van der Waals surface area contributed by atoms with Gasteiger partial charge in [0.15, 0.2) is 8.32 Å². The second-order valence-corrected chi connectivity index (χ2v) is 17.7. The first-order valence-electron chi connectivity index (χ1n) is 12.4. The smallest absolute Gasteiger partial charge is 0.416 e. The van der Waals surface area contributed by atoms with Gasteiger partial charge in [0.2, 0.25) is 0 Å². The summed E-state index contributed by atoms with van der Waals surface area (Å²) in [6.45, 7) is 20.6. The van der Waals surface area contributed by atoms with Crippen LogP contribution in [0, 0.1) is 5.41 Å². The predicted octanol–water partition coefficient (Wildman–Crippen LogP) is 7.29. The van der Waals surface area contributed by atoms with Gasteiger partial charge in [-0.1, -0.05) is 32.9 Å². The molecule has 2 atom stereocenters. The van der Waals surface area contributed by atoms with Crippen LogP contribution in [-0.2, 0) is 24.9 Å². The molecule has 0 fully saturated rings. The minimum atomic E-state index is -4.49. The fraction of sp³-hybridized carbons (Fsp3) is 0.704. The van der Waals surface area contributed by atoms with E-state index in [1.54, 1.807) is 41.5 Å². The Kier molecular flexibility index (Phi) is 10.5. The molecule has 1 aromatic rings. The van der Waals surface area contributed by atoms with Crippen LogP contribution in [0.25, 0.3) is 0 Å². The van der Waals surface area contributed by atoms with Crippen LogP contribution in [0.1, 0.15) is 79.4 Å². The maximum atomic E-state index is 13.2. The van der Waals surface area contributed by atoms with Crippen LogP contribution >= 0.6 is 0 Å². The highest BCUT2D eigenvalue weighted by Crippen LogP contribution is 2.37. The van der Waals surface area contributed by atoms with E-state index in [0.717, 1.165) is 12.1 Å². The molecule has 0 saturated heterocycles. The third-order valence-electron chi connectivity index (χ3n) is 6.29. The lowest BCUT2D eigenvalue weighted by molar-refractivity contribution is -0.153. The number of nitrogens with one attached hydrogen (secondary N) is 1. The Morgan fingerprint density at radius 3 is 1.81 bits per heavy atom. The molecule has 1 aromatic carbocycles. The number of alkyl halides is 3. The summed E-state index contributed by atoms with van der Waals surface area (Å²) in [5.41, 5.74) is -1.88. The van der Waals surface area contributed by atoms with E-state index in [-0.39, 0.29) is 18.3 Å².